The van der Waals surface area contributed by atoms with E-state index in [0.717, 1.165) is 12.8 Å². The Hall–Kier alpha value is -10.7. The van der Waals surface area contributed by atoms with Crippen LogP contribution in [-0.4, -0.2) is 36.8 Å². The summed E-state index contributed by atoms with van der Waals surface area (Å²) in [6.45, 7) is 0. The zero-order chi connectivity index (χ0) is 100. The van der Waals surface area contributed by atoms with Crippen LogP contribution in [0, 0.1) is 11.3 Å². The number of rotatable bonds is 19. The van der Waals surface area contributed by atoms with E-state index in [-0.39, 0.29) is 33.2 Å². The van der Waals surface area contributed by atoms with Crippen LogP contribution in [-0.2, 0) is 82.8 Å². The normalized spacial score (nSPS) is 13.2. The van der Waals surface area contributed by atoms with Crippen LogP contribution in [0.5, 0.6) is 0 Å². The van der Waals surface area contributed by atoms with Gasteiger partial charge in [-0.05, 0) is 152 Å². The molecule has 1 aliphatic carbocycles. The van der Waals surface area contributed by atoms with Crippen LogP contribution in [0.3, 0.4) is 0 Å². The SMILES string of the molecule is FC(F)(F)c1cc([B-](c2cc(C(F)(F)F)cc(C(F)(F)F)c2)(c2cc(C(F)(F)F)cc(C(F)(F)F)c2)c2cc(C(F)(F)F)cc(C(F)(F)F)c2)cc(C(F)(F)F)c1.N#Cc1cc(C(F)(F)F)cc(C(F)(F)F)c1.[Mo+2].[N-]=NC1CCCCC1.c1ccc([PH+](CC[PH+](c2ccccc2)c2ccccc2)c2ccccc2)cc1.c1ccc([PH+](CC[PH+](c2ccccc2)c2ccccc2)c2ccccc2)cc1. The van der Waals surface area contributed by atoms with Gasteiger partial charge in [0, 0.05) is 6.04 Å². The summed E-state index contributed by atoms with van der Waals surface area (Å²) < 4.78 is 414. The van der Waals surface area contributed by atoms with Crippen molar-refractivity contribution in [1.29, 1.82) is 5.26 Å². The van der Waals surface area contributed by atoms with Gasteiger partial charge in [-0.2, -0.15) is 159 Å². The summed E-state index contributed by atoms with van der Waals surface area (Å²) in [4.78, 5) is 0. The fourth-order valence-electron chi connectivity index (χ4n) is 15.7. The van der Waals surface area contributed by atoms with E-state index < -0.39 is 255 Å². The molecule has 0 spiro atoms. The summed E-state index contributed by atoms with van der Waals surface area (Å²) in [5.41, 5.74) is -25.5. The Labute approximate surface area is 791 Å². The number of nitriles is 1. The minimum absolute atomic E-state index is 0. The van der Waals surface area contributed by atoms with E-state index in [9.17, 15) is 132 Å². The monoisotopic (exact) mass is 2110 g/mol. The standard InChI is InChI=1S/C32H12BF24.2C26H24P2.C9H3F6N.C6H11N2.Mo/c34-25(35,36)13-1-14(26(37,38)39)6-21(5-13)33(22-7-15(27(40,41)42)2-16(8-22)28(43,44)45,23-9-17(29(46,47)48)3-18(10-23)30(49,50)51)24-11-19(31(52,53)54)4-20(12-24)32(55,56)57;2*1-5-13-23(14-6-1)27(24-15-7-2-8-16-24)21-22-28(25-17-9-3-10-18-25)26-19-11-4-12-20-26;10-8(11,12)6-1-5(4-16)2-7(3-6)9(13,14)15;7-8-6-4-2-1-3-5-6;/h1-12H;2*1-20H,21-22H2;1-3H;6H,1-5H2;/q-1;;;;-1;+2/p+4. The molecule has 39 heteroatoms. The second-order valence-electron chi connectivity index (χ2n) is 31.4. The molecular formula is C99H78BF30MoN3P4+4. The van der Waals surface area contributed by atoms with E-state index in [1.165, 1.54) is 92.4 Å². The molecule has 0 bridgehead atoms. The smallest absolute Gasteiger partial charge is 0.712 e. The summed E-state index contributed by atoms with van der Waals surface area (Å²) in [7, 11) is -3.13. The van der Waals surface area contributed by atoms with Gasteiger partial charge < -0.3 is 10.6 Å². The molecule has 13 aromatic carbocycles. The van der Waals surface area contributed by atoms with Gasteiger partial charge in [-0.25, -0.2) is 0 Å². The van der Waals surface area contributed by atoms with Crippen LogP contribution in [0.2, 0.25) is 0 Å². The Bertz CT molecular complexity index is 5140. The molecule has 14 rings (SSSR count). The second kappa shape index (κ2) is 47.1. The van der Waals surface area contributed by atoms with E-state index in [2.05, 4.69) is 248 Å². The third kappa shape index (κ3) is 30.7. The van der Waals surface area contributed by atoms with Crippen molar-refractivity contribution in [2.75, 3.05) is 24.6 Å². The Morgan fingerprint density at radius 1 is 0.239 bits per heavy atom. The molecular weight excluding hydrogens is 2030 g/mol. The van der Waals surface area contributed by atoms with Crippen molar-refractivity contribution in [3.63, 3.8) is 0 Å². The molecule has 0 saturated heterocycles. The molecule has 13 aromatic rings. The van der Waals surface area contributed by atoms with Gasteiger partial charge in [-0.15, -0.1) is 0 Å². The van der Waals surface area contributed by atoms with E-state index in [1.54, 1.807) is 0 Å². The van der Waals surface area contributed by atoms with Gasteiger partial charge in [0.05, 0.1) is 141 Å². The summed E-state index contributed by atoms with van der Waals surface area (Å²) in [6, 6.07) is 82.4. The molecule has 0 unspecified atom stereocenters. The van der Waals surface area contributed by atoms with E-state index in [0.29, 0.717) is 12.1 Å². The molecule has 1 saturated carbocycles. The topological polar surface area (TPSA) is 58.5 Å². The summed E-state index contributed by atoms with van der Waals surface area (Å²) >= 11 is 0. The Kier molecular flexibility index (Phi) is 37.8. The third-order valence-electron chi connectivity index (χ3n) is 22.1. The molecule has 0 amide bonds. The van der Waals surface area contributed by atoms with Crippen molar-refractivity contribution in [2.24, 2.45) is 5.11 Å². The molecule has 724 valence electrons. The van der Waals surface area contributed by atoms with Crippen LogP contribution in [0.25, 0.3) is 5.53 Å². The zero-order valence-electron chi connectivity index (χ0n) is 71.4. The number of halogens is 30. The van der Waals surface area contributed by atoms with Crippen molar-refractivity contribution in [1.82, 2.24) is 0 Å². The minimum atomic E-state index is -6.13. The number of nitrogens with zero attached hydrogens (tertiary/aromatic N) is 3. The van der Waals surface area contributed by atoms with Crippen LogP contribution in [0.15, 0.2) is 339 Å². The maximum absolute atomic E-state index is 14.2. The average molecular weight is 2110 g/mol. The number of benzene rings is 13. The third-order valence-corrected chi connectivity index (χ3v) is 34.4. The van der Waals surface area contributed by atoms with Crippen LogP contribution in [0.1, 0.15) is 93.3 Å². The number of hydrogen-bond acceptors (Lipinski definition) is 2. The van der Waals surface area contributed by atoms with E-state index >= 15 is 0 Å². The van der Waals surface area contributed by atoms with Gasteiger partial charge in [-0.3, -0.25) is 0 Å². The van der Waals surface area contributed by atoms with Crippen LogP contribution in [0.4, 0.5) is 132 Å². The summed E-state index contributed by atoms with van der Waals surface area (Å²) in [5.74, 6) is 0. The fraction of sp³-hybridized carbons (Fsp3) is 0.202. The Morgan fingerprint density at radius 2 is 0.384 bits per heavy atom. The minimum Gasteiger partial charge on any atom is -0.712 e. The van der Waals surface area contributed by atoms with E-state index in [1.807, 2.05) is 0 Å². The molecule has 0 aromatic heterocycles. The van der Waals surface area contributed by atoms with Crippen molar-refractivity contribution in [2.45, 2.75) is 99.9 Å². The molecule has 0 aliphatic heterocycles. The van der Waals surface area contributed by atoms with Crippen LogP contribution < -0.4 is 64.3 Å². The van der Waals surface area contributed by atoms with E-state index in [4.69, 9.17) is 10.8 Å². The first kappa shape index (κ1) is 111. The zero-order valence-corrected chi connectivity index (χ0v) is 77.4. The van der Waals surface area contributed by atoms with Gasteiger partial charge in [0.1, 0.15) is 30.8 Å². The quantitative estimate of drug-likeness (QED) is 0.0344. The van der Waals surface area contributed by atoms with Crippen molar-refractivity contribution in [3.8, 4) is 6.07 Å². The van der Waals surface area contributed by atoms with Gasteiger partial charge >= 0.3 is 82.8 Å². The first-order valence-electron chi connectivity index (χ1n) is 41.4. The molecule has 3 nitrogen and oxygen atoms in total. The molecule has 1 fully saturated rings. The summed E-state index contributed by atoms with van der Waals surface area (Å²) in [5, 5.41) is 23.7. The molecule has 0 heterocycles. The maximum atomic E-state index is 14.2. The molecule has 138 heavy (non-hydrogen) atoms. The average Bonchev–Trinajstić information content (AvgIpc) is 0.704. The van der Waals surface area contributed by atoms with Gasteiger partial charge in [-0.1, -0.05) is 213 Å². The van der Waals surface area contributed by atoms with Crippen molar-refractivity contribution >= 4 is 102 Å². The summed E-state index contributed by atoms with van der Waals surface area (Å²) in [6.07, 6.45) is -53.6. The van der Waals surface area contributed by atoms with Crippen molar-refractivity contribution < 1.29 is 153 Å². The predicted molar refractivity (Wildman–Crippen MR) is 485 cm³/mol. The Morgan fingerprint density at radius 3 is 0.507 bits per heavy atom. The predicted octanol–water partition coefficient (Wildman–Crippen LogP) is 26.6. The molecule has 1 aliphatic rings. The molecule has 0 N–H and O–H groups in total. The number of alkyl halides is 30. The van der Waals surface area contributed by atoms with Gasteiger partial charge in [0.2, 0.25) is 0 Å². The number of hydrogen-bond donors (Lipinski definition) is 0. The van der Waals surface area contributed by atoms with Crippen LogP contribution >= 0.6 is 31.7 Å². The first-order valence-corrected chi connectivity index (χ1v) is 48.3. The molecule has 0 atom stereocenters. The second-order valence-corrected chi connectivity index (χ2v) is 41.8. The van der Waals surface area contributed by atoms with Gasteiger partial charge in [0.25, 0.3) is 0 Å². The van der Waals surface area contributed by atoms with Crippen molar-refractivity contribution in [3.05, 3.63) is 400 Å². The largest absolute Gasteiger partial charge is 2.00 e. The molecule has 0 radical (unpaired) electrons. The first-order chi connectivity index (χ1) is 64.2. The fourth-order valence-corrected chi connectivity index (χ4v) is 28.1. The van der Waals surface area contributed by atoms with Gasteiger partial charge in [0.15, 0.2) is 0 Å². The maximum Gasteiger partial charge on any atom is 2.00 e. The Balaban J connectivity index is 0.000000219.